The van der Waals surface area contributed by atoms with Gasteiger partial charge in [0.05, 0.1) is 21.8 Å². The molecular formula is C15H11Cl2N3O2S. The SMILES string of the molecule is NC(=S)N/N=C\c1ccc(OC(=O)c2ccc(Cl)c(Cl)c2)cc1. The van der Waals surface area contributed by atoms with E-state index in [1.807, 2.05) is 0 Å². The quantitative estimate of drug-likeness (QED) is 0.285. The van der Waals surface area contributed by atoms with Crippen LogP contribution in [-0.4, -0.2) is 17.3 Å². The van der Waals surface area contributed by atoms with Crippen LogP contribution in [0.15, 0.2) is 47.6 Å². The largest absolute Gasteiger partial charge is 0.423 e. The summed E-state index contributed by atoms with van der Waals surface area (Å²) in [6, 6.07) is 11.3. The van der Waals surface area contributed by atoms with Gasteiger partial charge in [0, 0.05) is 0 Å². The van der Waals surface area contributed by atoms with E-state index in [1.165, 1.54) is 18.3 Å². The number of rotatable bonds is 4. The Balaban J connectivity index is 2.02. The molecule has 0 radical (unpaired) electrons. The highest BCUT2D eigenvalue weighted by molar-refractivity contribution is 7.80. The van der Waals surface area contributed by atoms with Crippen molar-refractivity contribution >= 4 is 52.7 Å². The van der Waals surface area contributed by atoms with Gasteiger partial charge >= 0.3 is 5.97 Å². The van der Waals surface area contributed by atoms with E-state index in [4.69, 9.17) is 33.7 Å². The molecule has 0 saturated carbocycles. The van der Waals surface area contributed by atoms with Crippen molar-refractivity contribution in [1.29, 1.82) is 0 Å². The summed E-state index contributed by atoms with van der Waals surface area (Å²) in [7, 11) is 0. The van der Waals surface area contributed by atoms with Gasteiger partial charge in [-0.05, 0) is 60.2 Å². The van der Waals surface area contributed by atoms with Crippen LogP contribution >= 0.6 is 35.4 Å². The Kier molecular flexibility index (Phi) is 5.92. The molecule has 23 heavy (non-hydrogen) atoms. The van der Waals surface area contributed by atoms with Crippen LogP contribution in [0.1, 0.15) is 15.9 Å². The third kappa shape index (κ3) is 5.21. The van der Waals surface area contributed by atoms with Gasteiger partial charge in [0.15, 0.2) is 5.11 Å². The van der Waals surface area contributed by atoms with Gasteiger partial charge in [-0.3, -0.25) is 5.43 Å². The molecular weight excluding hydrogens is 357 g/mol. The number of carbonyl (C=O) groups excluding carboxylic acids is 1. The van der Waals surface area contributed by atoms with E-state index in [1.54, 1.807) is 30.3 Å². The summed E-state index contributed by atoms with van der Waals surface area (Å²) in [4.78, 5) is 12.0. The first-order valence-corrected chi connectivity index (χ1v) is 7.48. The molecule has 0 aliphatic rings. The van der Waals surface area contributed by atoms with Crippen LogP contribution in [0.3, 0.4) is 0 Å². The van der Waals surface area contributed by atoms with Gasteiger partial charge in [-0.1, -0.05) is 23.2 Å². The zero-order chi connectivity index (χ0) is 16.8. The second-order valence-electron chi connectivity index (χ2n) is 4.32. The predicted molar refractivity (Wildman–Crippen MR) is 95.4 cm³/mol. The maximum Gasteiger partial charge on any atom is 0.343 e. The van der Waals surface area contributed by atoms with E-state index >= 15 is 0 Å². The standard InChI is InChI=1S/C15H11Cl2N3O2S/c16-12-6-3-10(7-13(12)17)14(21)22-11-4-1-9(2-5-11)8-19-20-15(18)23/h1-8H,(H3,18,20,23)/b19-8-. The summed E-state index contributed by atoms with van der Waals surface area (Å²) in [5.74, 6) is -0.138. The first-order valence-electron chi connectivity index (χ1n) is 6.31. The molecule has 0 atom stereocenters. The summed E-state index contributed by atoms with van der Waals surface area (Å²) in [5, 5.41) is 4.56. The molecule has 0 heterocycles. The number of nitrogens with one attached hydrogen (secondary N) is 1. The van der Waals surface area contributed by atoms with Crippen LogP contribution in [0.25, 0.3) is 0 Å². The molecule has 118 valence electrons. The zero-order valence-corrected chi connectivity index (χ0v) is 14.0. The van der Waals surface area contributed by atoms with Crippen molar-refractivity contribution in [3.63, 3.8) is 0 Å². The number of nitrogens with two attached hydrogens (primary N) is 1. The van der Waals surface area contributed by atoms with Gasteiger partial charge in [-0.2, -0.15) is 5.10 Å². The molecule has 8 heteroatoms. The number of halogens is 2. The lowest BCUT2D eigenvalue weighted by Crippen LogP contribution is -2.23. The minimum absolute atomic E-state index is 0.0772. The number of thiocarbonyl (C=S) groups is 1. The van der Waals surface area contributed by atoms with Crippen molar-refractivity contribution in [3.8, 4) is 5.75 Å². The fraction of sp³-hybridized carbons (Fsp3) is 0. The molecule has 0 unspecified atom stereocenters. The van der Waals surface area contributed by atoms with E-state index in [-0.39, 0.29) is 10.1 Å². The maximum absolute atomic E-state index is 12.0. The Labute approximate surface area is 148 Å². The van der Waals surface area contributed by atoms with Crippen molar-refractivity contribution in [3.05, 3.63) is 63.6 Å². The van der Waals surface area contributed by atoms with Crippen LogP contribution in [0.4, 0.5) is 0 Å². The molecule has 3 N–H and O–H groups in total. The second kappa shape index (κ2) is 7.92. The number of hydrogen-bond acceptors (Lipinski definition) is 4. The third-order valence-electron chi connectivity index (χ3n) is 2.63. The summed E-state index contributed by atoms with van der Waals surface area (Å²) in [6.45, 7) is 0. The number of ether oxygens (including phenoxy) is 1. The number of hydrogen-bond donors (Lipinski definition) is 2. The van der Waals surface area contributed by atoms with Crippen LogP contribution in [0, 0.1) is 0 Å². The van der Waals surface area contributed by atoms with Gasteiger partial charge in [-0.15, -0.1) is 0 Å². The van der Waals surface area contributed by atoms with Crippen molar-refractivity contribution in [2.75, 3.05) is 0 Å². The maximum atomic E-state index is 12.0. The van der Waals surface area contributed by atoms with Gasteiger partial charge in [0.1, 0.15) is 5.75 Å². The first-order chi connectivity index (χ1) is 11.0. The highest BCUT2D eigenvalue weighted by Gasteiger charge is 2.10. The fourth-order valence-electron chi connectivity index (χ4n) is 1.58. The molecule has 5 nitrogen and oxygen atoms in total. The molecule has 0 bridgehead atoms. The Morgan fingerprint density at radius 1 is 1.17 bits per heavy atom. The first kappa shape index (κ1) is 17.2. The summed E-state index contributed by atoms with van der Waals surface area (Å²) < 4.78 is 5.25. The summed E-state index contributed by atoms with van der Waals surface area (Å²) in [5.41, 5.74) is 8.78. The predicted octanol–water partition coefficient (Wildman–Crippen LogP) is 3.38. The van der Waals surface area contributed by atoms with Crippen molar-refractivity contribution < 1.29 is 9.53 Å². The smallest absolute Gasteiger partial charge is 0.343 e. The van der Waals surface area contributed by atoms with Crippen LogP contribution in [0.5, 0.6) is 5.75 Å². The van der Waals surface area contributed by atoms with Gasteiger partial charge < -0.3 is 10.5 Å². The number of nitrogens with zero attached hydrogens (tertiary/aromatic N) is 1. The zero-order valence-electron chi connectivity index (χ0n) is 11.6. The number of benzene rings is 2. The number of hydrazone groups is 1. The molecule has 2 aromatic rings. The lowest BCUT2D eigenvalue weighted by atomic mass is 10.2. The van der Waals surface area contributed by atoms with Crippen LogP contribution < -0.4 is 15.9 Å². The summed E-state index contributed by atoms with van der Waals surface area (Å²) >= 11 is 16.3. The van der Waals surface area contributed by atoms with Crippen molar-refractivity contribution in [1.82, 2.24) is 5.43 Å². The highest BCUT2D eigenvalue weighted by atomic mass is 35.5. The minimum Gasteiger partial charge on any atom is -0.423 e. The van der Waals surface area contributed by atoms with E-state index in [9.17, 15) is 4.79 Å². The molecule has 0 amide bonds. The van der Waals surface area contributed by atoms with E-state index in [0.717, 1.165) is 5.56 Å². The molecule has 2 rings (SSSR count). The monoisotopic (exact) mass is 367 g/mol. The third-order valence-corrected chi connectivity index (χ3v) is 3.46. The van der Waals surface area contributed by atoms with Crippen molar-refractivity contribution in [2.24, 2.45) is 10.8 Å². The average Bonchev–Trinajstić information content (AvgIpc) is 2.51. The lowest BCUT2D eigenvalue weighted by Gasteiger charge is -2.05. The molecule has 2 aromatic carbocycles. The normalized spacial score (nSPS) is 10.5. The van der Waals surface area contributed by atoms with Crippen LogP contribution in [-0.2, 0) is 0 Å². The topological polar surface area (TPSA) is 76.7 Å². The molecule has 0 fully saturated rings. The average molecular weight is 368 g/mol. The molecule has 0 aromatic heterocycles. The Hall–Kier alpha value is -2.15. The summed E-state index contributed by atoms with van der Waals surface area (Å²) in [6.07, 6.45) is 1.53. The van der Waals surface area contributed by atoms with E-state index in [2.05, 4.69) is 22.7 Å². The highest BCUT2D eigenvalue weighted by Crippen LogP contribution is 2.23. The van der Waals surface area contributed by atoms with Gasteiger partial charge in [0.25, 0.3) is 0 Å². The number of carbonyl (C=O) groups is 1. The fourth-order valence-corrected chi connectivity index (χ4v) is 1.93. The Morgan fingerprint density at radius 2 is 1.87 bits per heavy atom. The lowest BCUT2D eigenvalue weighted by molar-refractivity contribution is 0.0735. The Morgan fingerprint density at radius 3 is 2.48 bits per heavy atom. The molecule has 0 aliphatic heterocycles. The van der Waals surface area contributed by atoms with Crippen LogP contribution in [0.2, 0.25) is 10.0 Å². The van der Waals surface area contributed by atoms with Gasteiger partial charge in [0.2, 0.25) is 0 Å². The van der Waals surface area contributed by atoms with Gasteiger partial charge in [-0.25, -0.2) is 4.79 Å². The Bertz CT molecular complexity index is 764. The van der Waals surface area contributed by atoms with Crippen molar-refractivity contribution in [2.45, 2.75) is 0 Å². The molecule has 0 aliphatic carbocycles. The molecule has 0 saturated heterocycles. The van der Waals surface area contributed by atoms with E-state index < -0.39 is 5.97 Å². The second-order valence-corrected chi connectivity index (χ2v) is 5.58. The minimum atomic E-state index is -0.528. The molecule has 0 spiro atoms. The van der Waals surface area contributed by atoms with E-state index in [0.29, 0.717) is 16.3 Å². The number of esters is 1.